The number of carbonyl (C=O) groups excluding carboxylic acids is 2. The van der Waals surface area contributed by atoms with Gasteiger partial charge in [0.2, 0.25) is 11.8 Å². The van der Waals surface area contributed by atoms with Crippen LogP contribution in [0.4, 0.5) is 4.39 Å². The Hall–Kier alpha value is -2.64. The lowest BCUT2D eigenvalue weighted by molar-refractivity contribution is -0.142. The molecule has 0 spiro atoms. The molecule has 9 heteroatoms. The summed E-state index contributed by atoms with van der Waals surface area (Å²) in [7, 11) is 0. The van der Waals surface area contributed by atoms with Crippen molar-refractivity contribution >= 4 is 41.0 Å². The lowest BCUT2D eigenvalue weighted by Crippen LogP contribution is -2.44. The average Bonchev–Trinajstić information content (AvgIpc) is 2.80. The van der Waals surface area contributed by atoms with E-state index in [9.17, 15) is 23.9 Å². The van der Waals surface area contributed by atoms with E-state index in [0.29, 0.717) is 54.4 Å². The molecule has 0 bridgehead atoms. The molecule has 1 atom stereocenters. The number of aliphatic carboxylic acids is 1. The second-order valence-electron chi connectivity index (χ2n) is 8.57. The number of hydrogen-bond donors (Lipinski definition) is 2. The van der Waals surface area contributed by atoms with Gasteiger partial charge in [0.1, 0.15) is 11.9 Å². The predicted octanol–water partition coefficient (Wildman–Crippen LogP) is 4.51. The molecule has 2 aromatic carbocycles. The van der Waals surface area contributed by atoms with E-state index in [1.807, 2.05) is 0 Å². The van der Waals surface area contributed by atoms with Crippen LogP contribution in [0.2, 0.25) is 10.0 Å². The fourth-order valence-corrected chi connectivity index (χ4v) is 4.43. The van der Waals surface area contributed by atoms with Crippen LogP contribution in [0.25, 0.3) is 0 Å². The Labute approximate surface area is 208 Å². The molecule has 2 N–H and O–H groups in total. The standard InChI is InChI=1S/C25H27Cl2FN2O4/c26-20-6-4-18(13-21(20)27)14-22(25(33)34)29-23(31)15-17-8-10-30(11-9-17)24(32)7-5-16-2-1-3-19(28)12-16/h1-4,6,12-13,17,22H,5,7-11,14-15H2,(H,29,31)(H,33,34)/t22-/m0/s1. The highest BCUT2D eigenvalue weighted by atomic mass is 35.5. The predicted molar refractivity (Wildman–Crippen MR) is 128 cm³/mol. The van der Waals surface area contributed by atoms with Crippen molar-refractivity contribution in [2.45, 2.75) is 44.6 Å². The molecule has 0 saturated carbocycles. The maximum Gasteiger partial charge on any atom is 0.326 e. The number of carboxylic acid groups (broad SMARTS) is 1. The van der Waals surface area contributed by atoms with Crippen molar-refractivity contribution in [1.29, 1.82) is 0 Å². The second-order valence-corrected chi connectivity index (χ2v) is 9.38. The molecule has 0 radical (unpaired) electrons. The first-order valence-corrected chi connectivity index (χ1v) is 11.9. The summed E-state index contributed by atoms with van der Waals surface area (Å²) in [4.78, 5) is 38.4. The van der Waals surface area contributed by atoms with Crippen LogP contribution in [0.5, 0.6) is 0 Å². The summed E-state index contributed by atoms with van der Waals surface area (Å²) in [5.74, 6) is -1.68. The minimum absolute atomic E-state index is 0.0136. The molecule has 0 aliphatic carbocycles. The van der Waals surface area contributed by atoms with E-state index in [0.717, 1.165) is 5.56 Å². The number of likely N-dealkylation sites (tertiary alicyclic amines) is 1. The summed E-state index contributed by atoms with van der Waals surface area (Å²) in [6, 6.07) is 10.0. The van der Waals surface area contributed by atoms with Gasteiger partial charge in [-0.3, -0.25) is 9.59 Å². The molecule has 2 aromatic rings. The second kappa shape index (κ2) is 12.2. The van der Waals surface area contributed by atoms with Crippen molar-refractivity contribution in [2.75, 3.05) is 13.1 Å². The highest BCUT2D eigenvalue weighted by Crippen LogP contribution is 2.24. The largest absolute Gasteiger partial charge is 0.480 e. The lowest BCUT2D eigenvalue weighted by Gasteiger charge is -2.32. The van der Waals surface area contributed by atoms with Crippen molar-refractivity contribution < 1.29 is 23.9 Å². The number of aryl methyl sites for hydroxylation is 1. The fourth-order valence-electron chi connectivity index (χ4n) is 4.11. The quantitative estimate of drug-likeness (QED) is 0.521. The summed E-state index contributed by atoms with van der Waals surface area (Å²) in [5, 5.41) is 12.8. The number of halogens is 3. The molecule has 182 valence electrons. The molecule has 1 saturated heterocycles. The van der Waals surface area contributed by atoms with E-state index in [1.54, 1.807) is 35.2 Å². The van der Waals surface area contributed by atoms with E-state index < -0.39 is 12.0 Å². The molecule has 1 fully saturated rings. The number of piperidine rings is 1. The number of carboxylic acids is 1. The summed E-state index contributed by atoms with van der Waals surface area (Å²) in [6.45, 7) is 1.09. The molecule has 34 heavy (non-hydrogen) atoms. The monoisotopic (exact) mass is 508 g/mol. The minimum Gasteiger partial charge on any atom is -0.480 e. The Balaban J connectivity index is 1.43. The highest BCUT2D eigenvalue weighted by molar-refractivity contribution is 6.42. The lowest BCUT2D eigenvalue weighted by atomic mass is 9.92. The summed E-state index contributed by atoms with van der Waals surface area (Å²) >= 11 is 11.9. The number of nitrogens with one attached hydrogen (secondary N) is 1. The number of nitrogens with zero attached hydrogens (tertiary/aromatic N) is 1. The zero-order valence-electron chi connectivity index (χ0n) is 18.6. The Morgan fingerprint density at radius 1 is 1.06 bits per heavy atom. The summed E-state index contributed by atoms with van der Waals surface area (Å²) < 4.78 is 13.3. The fraction of sp³-hybridized carbons (Fsp3) is 0.400. The maximum atomic E-state index is 13.3. The number of amides is 2. The van der Waals surface area contributed by atoms with Gasteiger partial charge in [0.05, 0.1) is 10.0 Å². The van der Waals surface area contributed by atoms with Crippen molar-refractivity contribution in [3.63, 3.8) is 0 Å². The Morgan fingerprint density at radius 3 is 2.44 bits per heavy atom. The van der Waals surface area contributed by atoms with Gasteiger partial charge >= 0.3 is 5.97 Å². The van der Waals surface area contributed by atoms with Gasteiger partial charge in [-0.2, -0.15) is 0 Å². The van der Waals surface area contributed by atoms with Crippen molar-refractivity contribution in [1.82, 2.24) is 10.2 Å². The Morgan fingerprint density at radius 2 is 1.79 bits per heavy atom. The molecule has 0 aromatic heterocycles. The van der Waals surface area contributed by atoms with Crippen molar-refractivity contribution in [3.8, 4) is 0 Å². The van der Waals surface area contributed by atoms with Gasteiger partial charge < -0.3 is 15.3 Å². The zero-order valence-corrected chi connectivity index (χ0v) is 20.1. The number of benzene rings is 2. The van der Waals surface area contributed by atoms with Crippen LogP contribution in [0, 0.1) is 11.7 Å². The number of rotatable bonds is 9. The van der Waals surface area contributed by atoms with Crippen molar-refractivity contribution in [2.24, 2.45) is 5.92 Å². The summed E-state index contributed by atoms with van der Waals surface area (Å²) in [6.07, 6.45) is 2.43. The normalized spacial score (nSPS) is 15.1. The molecule has 1 aliphatic heterocycles. The third-order valence-electron chi connectivity index (χ3n) is 6.02. The molecule has 1 aliphatic rings. The number of hydrogen-bond acceptors (Lipinski definition) is 3. The van der Waals surface area contributed by atoms with Gasteiger partial charge in [0.25, 0.3) is 0 Å². The third kappa shape index (κ3) is 7.71. The average molecular weight is 509 g/mol. The van der Waals surface area contributed by atoms with Crippen LogP contribution < -0.4 is 5.32 Å². The molecule has 1 heterocycles. The van der Waals surface area contributed by atoms with E-state index in [1.165, 1.54) is 12.1 Å². The molecule has 3 rings (SSSR count). The molecule has 6 nitrogen and oxygen atoms in total. The topological polar surface area (TPSA) is 86.7 Å². The van der Waals surface area contributed by atoms with Gasteiger partial charge in [-0.05, 0) is 60.6 Å². The van der Waals surface area contributed by atoms with Crippen LogP contribution in [-0.2, 0) is 27.2 Å². The van der Waals surface area contributed by atoms with Crippen LogP contribution in [0.3, 0.4) is 0 Å². The smallest absolute Gasteiger partial charge is 0.326 e. The van der Waals surface area contributed by atoms with Crippen LogP contribution >= 0.6 is 23.2 Å². The molecule has 2 amide bonds. The van der Waals surface area contributed by atoms with Gasteiger partial charge in [-0.1, -0.05) is 41.4 Å². The van der Waals surface area contributed by atoms with Crippen LogP contribution in [0.15, 0.2) is 42.5 Å². The van der Waals surface area contributed by atoms with Crippen LogP contribution in [0.1, 0.15) is 36.8 Å². The minimum atomic E-state index is -1.13. The van der Waals surface area contributed by atoms with Gasteiger partial charge in [-0.25, -0.2) is 9.18 Å². The maximum absolute atomic E-state index is 13.3. The third-order valence-corrected chi connectivity index (χ3v) is 6.75. The Kier molecular flexibility index (Phi) is 9.30. The first kappa shape index (κ1) is 26.0. The first-order chi connectivity index (χ1) is 16.2. The van der Waals surface area contributed by atoms with E-state index in [-0.39, 0.29) is 36.4 Å². The van der Waals surface area contributed by atoms with E-state index in [4.69, 9.17) is 23.2 Å². The molecular formula is C25H27Cl2FN2O4. The van der Waals surface area contributed by atoms with Gasteiger partial charge in [0.15, 0.2) is 0 Å². The van der Waals surface area contributed by atoms with Gasteiger partial charge in [0, 0.05) is 32.4 Å². The Bertz CT molecular complexity index is 1040. The molecular weight excluding hydrogens is 482 g/mol. The zero-order chi connectivity index (χ0) is 24.7. The number of carbonyl (C=O) groups is 3. The molecule has 0 unspecified atom stereocenters. The van der Waals surface area contributed by atoms with E-state index in [2.05, 4.69) is 5.32 Å². The van der Waals surface area contributed by atoms with Crippen molar-refractivity contribution in [3.05, 3.63) is 69.5 Å². The summed E-state index contributed by atoms with van der Waals surface area (Å²) in [5.41, 5.74) is 1.45. The first-order valence-electron chi connectivity index (χ1n) is 11.2. The van der Waals surface area contributed by atoms with E-state index >= 15 is 0 Å². The highest BCUT2D eigenvalue weighted by Gasteiger charge is 2.26. The van der Waals surface area contributed by atoms with Crippen LogP contribution in [-0.4, -0.2) is 46.9 Å². The SMILES string of the molecule is O=C(CC1CCN(C(=O)CCc2cccc(F)c2)CC1)N[C@@H](Cc1ccc(Cl)c(Cl)c1)C(=O)O. The van der Waals surface area contributed by atoms with Gasteiger partial charge in [-0.15, -0.1) is 0 Å².